The van der Waals surface area contributed by atoms with Gasteiger partial charge >= 0.3 is 6.03 Å². The van der Waals surface area contributed by atoms with Crippen molar-refractivity contribution in [2.45, 2.75) is 44.7 Å². The van der Waals surface area contributed by atoms with Crippen molar-refractivity contribution in [1.29, 1.82) is 5.26 Å². The number of ether oxygens (including phenoxy) is 1. The van der Waals surface area contributed by atoms with Crippen LogP contribution in [-0.2, 0) is 11.3 Å². The molecule has 0 aliphatic carbocycles. The summed E-state index contributed by atoms with van der Waals surface area (Å²) >= 11 is 6.63. The highest BCUT2D eigenvalue weighted by molar-refractivity contribution is 6.35. The van der Waals surface area contributed by atoms with Crippen LogP contribution in [-0.4, -0.2) is 72.1 Å². The van der Waals surface area contributed by atoms with E-state index in [1.54, 1.807) is 4.90 Å². The van der Waals surface area contributed by atoms with Crippen molar-refractivity contribution in [3.8, 4) is 23.1 Å². The maximum atomic E-state index is 14.2. The second-order valence-corrected chi connectivity index (χ2v) is 11.8. The Morgan fingerprint density at radius 1 is 1.05 bits per heavy atom. The molecule has 3 aliphatic rings. The van der Waals surface area contributed by atoms with Crippen molar-refractivity contribution >= 4 is 34.9 Å². The maximum Gasteiger partial charge on any atom is 0.332 e. The Morgan fingerprint density at radius 2 is 1.75 bits per heavy atom. The number of benzene rings is 2. The van der Waals surface area contributed by atoms with Gasteiger partial charge in [-0.25, -0.2) is 19.1 Å². The van der Waals surface area contributed by atoms with Gasteiger partial charge in [0.25, 0.3) is 5.91 Å². The zero-order chi connectivity index (χ0) is 31.0. The third-order valence-corrected chi connectivity index (χ3v) is 9.37. The maximum absolute atomic E-state index is 14.2. The first kappa shape index (κ1) is 29.9. The minimum Gasteiger partial charge on any atom is -0.494 e. The van der Waals surface area contributed by atoms with Crippen molar-refractivity contribution in [2.75, 3.05) is 49.6 Å². The molecule has 3 aliphatic heterocycles. The van der Waals surface area contributed by atoms with E-state index in [0.717, 1.165) is 24.5 Å². The van der Waals surface area contributed by atoms with Gasteiger partial charge in [-0.15, -0.1) is 0 Å². The molecule has 4 heterocycles. The monoisotopic (exact) mass is 616 g/mol. The van der Waals surface area contributed by atoms with Crippen LogP contribution in [0.5, 0.6) is 5.75 Å². The molecule has 0 N–H and O–H groups in total. The lowest BCUT2D eigenvalue weighted by molar-refractivity contribution is -0.127. The Labute approximate surface area is 261 Å². The number of hydrogen-bond acceptors (Lipinski definition) is 7. The standard InChI is InChI=1S/C33H34ClFN6O3/c1-3-40-32(43)41(27-19-28(44-2)29(37-30(27)34)23-8-11-26(35)24(18-23)20-36)31(42)33(40)12-16-38(17-13-33)21-22-6-9-25(10-7-22)39-14-4-5-15-39/h6-11,18-19H,3-5,12-17,21H2,1-2H3. The molecule has 3 aromatic rings. The first-order valence-corrected chi connectivity index (χ1v) is 15.3. The van der Waals surface area contributed by atoms with Gasteiger partial charge in [-0.3, -0.25) is 9.69 Å². The molecule has 3 fully saturated rings. The van der Waals surface area contributed by atoms with E-state index in [1.807, 2.05) is 13.0 Å². The second kappa shape index (κ2) is 12.1. The number of amides is 3. The van der Waals surface area contributed by atoms with E-state index in [9.17, 15) is 19.2 Å². The summed E-state index contributed by atoms with van der Waals surface area (Å²) in [6.45, 7) is 6.57. The lowest BCUT2D eigenvalue weighted by atomic mass is 9.85. The highest BCUT2D eigenvalue weighted by Crippen LogP contribution is 2.43. The number of anilines is 2. The zero-order valence-corrected chi connectivity index (χ0v) is 25.6. The Morgan fingerprint density at radius 3 is 2.39 bits per heavy atom. The minimum absolute atomic E-state index is 0.0757. The number of halogens is 2. The first-order chi connectivity index (χ1) is 21.3. The second-order valence-electron chi connectivity index (χ2n) is 11.5. The molecule has 0 bridgehead atoms. The van der Waals surface area contributed by atoms with Crippen LogP contribution in [0.15, 0.2) is 48.5 Å². The predicted octanol–water partition coefficient (Wildman–Crippen LogP) is 5.84. The van der Waals surface area contributed by atoms with E-state index in [0.29, 0.717) is 38.0 Å². The molecule has 11 heteroatoms. The SMILES string of the molecule is CCN1C(=O)N(c2cc(OC)c(-c3ccc(F)c(C#N)c3)nc2Cl)C(=O)C12CCN(Cc1ccc(N3CCCC3)cc1)CC2. The summed E-state index contributed by atoms with van der Waals surface area (Å²) in [7, 11) is 1.43. The quantitative estimate of drug-likeness (QED) is 0.243. The van der Waals surface area contributed by atoms with E-state index in [-0.39, 0.29) is 33.8 Å². The Hall–Kier alpha value is -4.20. The molecule has 228 valence electrons. The van der Waals surface area contributed by atoms with E-state index < -0.39 is 17.4 Å². The van der Waals surface area contributed by atoms with Gasteiger partial charge in [0.1, 0.15) is 28.9 Å². The van der Waals surface area contributed by atoms with Crippen molar-refractivity contribution in [1.82, 2.24) is 14.8 Å². The fourth-order valence-electron chi connectivity index (χ4n) is 6.72. The number of rotatable bonds is 7. The Kier molecular flexibility index (Phi) is 8.18. The molecule has 2 aromatic carbocycles. The summed E-state index contributed by atoms with van der Waals surface area (Å²) in [4.78, 5) is 39.9. The van der Waals surface area contributed by atoms with Gasteiger partial charge in [0.05, 0.1) is 18.4 Å². The number of piperidine rings is 1. The summed E-state index contributed by atoms with van der Waals surface area (Å²) in [5, 5.41) is 9.19. The van der Waals surface area contributed by atoms with Crippen molar-refractivity contribution in [3.63, 3.8) is 0 Å². The van der Waals surface area contributed by atoms with E-state index in [2.05, 4.69) is 39.0 Å². The molecule has 1 aromatic heterocycles. The molecule has 0 radical (unpaired) electrons. The predicted molar refractivity (Wildman–Crippen MR) is 166 cm³/mol. The number of urea groups is 1. The van der Waals surface area contributed by atoms with Gasteiger partial charge in [-0.05, 0) is 68.5 Å². The van der Waals surface area contributed by atoms with Crippen LogP contribution in [0.2, 0.25) is 5.15 Å². The smallest absolute Gasteiger partial charge is 0.332 e. The molecule has 0 unspecified atom stereocenters. The summed E-state index contributed by atoms with van der Waals surface area (Å²) in [5.41, 5.74) is 2.16. The van der Waals surface area contributed by atoms with Crippen LogP contribution in [0, 0.1) is 17.1 Å². The van der Waals surface area contributed by atoms with Crippen LogP contribution < -0.4 is 14.5 Å². The molecule has 9 nitrogen and oxygen atoms in total. The number of carbonyl (C=O) groups excluding carboxylic acids is 2. The number of methoxy groups -OCH3 is 1. The Bertz CT molecular complexity index is 1630. The lowest BCUT2D eigenvalue weighted by Crippen LogP contribution is -2.56. The van der Waals surface area contributed by atoms with Crippen molar-refractivity contribution < 1.29 is 18.7 Å². The van der Waals surface area contributed by atoms with Gasteiger partial charge in [0.15, 0.2) is 5.15 Å². The number of hydrogen-bond donors (Lipinski definition) is 0. The fraction of sp³-hybridized carbons (Fsp3) is 0.394. The van der Waals surface area contributed by atoms with E-state index in [4.69, 9.17) is 16.3 Å². The normalized spacial score (nSPS) is 18.4. The lowest BCUT2D eigenvalue weighted by Gasteiger charge is -2.41. The number of pyridine rings is 1. The van der Waals surface area contributed by atoms with E-state index >= 15 is 0 Å². The van der Waals surface area contributed by atoms with Crippen LogP contribution in [0.3, 0.4) is 0 Å². The summed E-state index contributed by atoms with van der Waals surface area (Å²) in [6.07, 6.45) is 3.49. The molecule has 3 amide bonds. The molecule has 0 atom stereocenters. The average molecular weight is 617 g/mol. The number of likely N-dealkylation sites (tertiary alicyclic amines) is 1. The molecule has 44 heavy (non-hydrogen) atoms. The van der Waals surface area contributed by atoms with Gasteiger partial charge in [-0.1, -0.05) is 23.7 Å². The summed E-state index contributed by atoms with van der Waals surface area (Å²) < 4.78 is 19.5. The third-order valence-electron chi connectivity index (χ3n) is 9.10. The zero-order valence-electron chi connectivity index (χ0n) is 24.9. The van der Waals surface area contributed by atoms with Gasteiger partial charge in [0.2, 0.25) is 0 Å². The number of carbonyl (C=O) groups is 2. The molecule has 1 spiro atoms. The topological polar surface area (TPSA) is 93.0 Å². The Balaban J connectivity index is 1.22. The van der Waals surface area contributed by atoms with Gasteiger partial charge in [-0.2, -0.15) is 5.26 Å². The molecule has 3 saturated heterocycles. The summed E-state index contributed by atoms with van der Waals surface area (Å²) in [5.74, 6) is -0.751. The fourth-order valence-corrected chi connectivity index (χ4v) is 6.94. The highest BCUT2D eigenvalue weighted by atomic mass is 35.5. The molecular weight excluding hydrogens is 583 g/mol. The molecular formula is C33H34ClFN6O3. The number of nitriles is 1. The average Bonchev–Trinajstić information content (AvgIpc) is 3.64. The van der Waals surface area contributed by atoms with Crippen LogP contribution in [0.1, 0.15) is 43.7 Å². The highest BCUT2D eigenvalue weighted by Gasteiger charge is 2.58. The van der Waals surface area contributed by atoms with Gasteiger partial charge < -0.3 is 14.5 Å². The van der Waals surface area contributed by atoms with E-state index in [1.165, 1.54) is 55.5 Å². The first-order valence-electron chi connectivity index (χ1n) is 15.0. The van der Waals surface area contributed by atoms with Gasteiger partial charge in [0, 0.05) is 56.6 Å². The van der Waals surface area contributed by atoms with Crippen LogP contribution in [0.25, 0.3) is 11.3 Å². The largest absolute Gasteiger partial charge is 0.494 e. The molecule has 6 rings (SSSR count). The van der Waals surface area contributed by atoms with Crippen molar-refractivity contribution in [2.24, 2.45) is 0 Å². The van der Waals surface area contributed by atoms with Crippen LogP contribution >= 0.6 is 11.6 Å². The molecule has 0 saturated carbocycles. The number of likely N-dealkylation sites (N-methyl/N-ethyl adjacent to an activating group) is 1. The van der Waals surface area contributed by atoms with Crippen molar-refractivity contribution in [3.05, 3.63) is 70.6 Å². The minimum atomic E-state index is -0.976. The summed E-state index contributed by atoms with van der Waals surface area (Å²) in [6, 6.07) is 15.6. The number of imide groups is 1. The third kappa shape index (κ3) is 5.14. The number of aromatic nitrogens is 1. The van der Waals surface area contributed by atoms with Crippen LogP contribution in [0.4, 0.5) is 20.6 Å². The number of nitrogens with zero attached hydrogens (tertiary/aromatic N) is 6.